The molecule has 5 nitrogen and oxygen atoms in total. The van der Waals surface area contributed by atoms with Gasteiger partial charge in [-0.3, -0.25) is 4.98 Å². The summed E-state index contributed by atoms with van der Waals surface area (Å²) in [5.41, 5.74) is 2.04. The summed E-state index contributed by atoms with van der Waals surface area (Å²) in [6.07, 6.45) is 5.46. The predicted molar refractivity (Wildman–Crippen MR) is 86.5 cm³/mol. The van der Waals surface area contributed by atoms with Crippen LogP contribution in [0.5, 0.6) is 0 Å². The fourth-order valence-corrected chi connectivity index (χ4v) is 3.65. The van der Waals surface area contributed by atoms with Crippen LogP contribution in [0, 0.1) is 0 Å². The van der Waals surface area contributed by atoms with Gasteiger partial charge in [0.2, 0.25) is 10.1 Å². The van der Waals surface area contributed by atoms with Gasteiger partial charge in [-0.1, -0.05) is 17.4 Å². The van der Waals surface area contributed by atoms with Crippen molar-refractivity contribution < 1.29 is 0 Å². The van der Waals surface area contributed by atoms with Crippen LogP contribution in [0.1, 0.15) is 0 Å². The molecule has 0 saturated heterocycles. The van der Waals surface area contributed by atoms with Gasteiger partial charge >= 0.3 is 0 Å². The van der Waals surface area contributed by atoms with E-state index in [1.165, 1.54) is 4.88 Å². The summed E-state index contributed by atoms with van der Waals surface area (Å²) < 4.78 is 1.90. The van der Waals surface area contributed by atoms with Gasteiger partial charge < -0.3 is 4.90 Å². The largest absolute Gasteiger partial charge is 0.318 e. The zero-order chi connectivity index (χ0) is 14.2. The second-order valence-corrected chi connectivity index (χ2v) is 6.35. The van der Waals surface area contributed by atoms with Crippen molar-refractivity contribution in [2.45, 2.75) is 0 Å². The van der Waals surface area contributed by atoms with E-state index in [-0.39, 0.29) is 0 Å². The Balaban J connectivity index is 1.78. The van der Waals surface area contributed by atoms with Crippen LogP contribution in [-0.2, 0) is 0 Å². The molecule has 0 radical (unpaired) electrons. The van der Waals surface area contributed by atoms with Gasteiger partial charge in [0.05, 0.1) is 23.0 Å². The number of aromatic nitrogens is 4. The number of hydrogen-bond donors (Lipinski definition) is 0. The molecule has 4 rings (SSSR count). The molecule has 0 aliphatic heterocycles. The van der Waals surface area contributed by atoms with E-state index in [4.69, 9.17) is 0 Å². The van der Waals surface area contributed by atoms with Crippen molar-refractivity contribution in [3.05, 3.63) is 48.2 Å². The zero-order valence-corrected chi connectivity index (χ0v) is 12.8. The summed E-state index contributed by atoms with van der Waals surface area (Å²) in [6, 6.07) is 8.05. The minimum atomic E-state index is 0.893. The number of anilines is 2. The van der Waals surface area contributed by atoms with Gasteiger partial charge in [0, 0.05) is 13.2 Å². The minimum absolute atomic E-state index is 0.893. The molecule has 0 N–H and O–H groups in total. The molecule has 21 heavy (non-hydrogen) atoms. The number of rotatable bonds is 3. The molecule has 0 unspecified atom stereocenters. The summed E-state index contributed by atoms with van der Waals surface area (Å²) in [5, 5.41) is 7.63. The van der Waals surface area contributed by atoms with Crippen LogP contribution in [-0.4, -0.2) is 26.6 Å². The lowest BCUT2D eigenvalue weighted by molar-refractivity contribution is 0.960. The molecule has 0 spiro atoms. The number of thiophene rings is 1. The highest BCUT2D eigenvalue weighted by molar-refractivity contribution is 7.20. The summed E-state index contributed by atoms with van der Waals surface area (Å²) in [5.74, 6) is 0. The molecule has 0 atom stereocenters. The Hall–Kier alpha value is -2.25. The third kappa shape index (κ3) is 2.10. The monoisotopic (exact) mass is 313 g/mol. The van der Waals surface area contributed by atoms with Crippen molar-refractivity contribution in [3.8, 4) is 10.6 Å². The SMILES string of the molecule is CN(c1cccnc1)c1nn2c(-c3cccs3)cnc2s1. The molecular formula is C14H11N5S2. The molecule has 0 fully saturated rings. The van der Waals surface area contributed by atoms with E-state index in [1.807, 2.05) is 47.1 Å². The number of nitrogens with zero attached hydrogens (tertiary/aromatic N) is 5. The van der Waals surface area contributed by atoms with E-state index in [0.717, 1.165) is 21.5 Å². The first kappa shape index (κ1) is 12.5. The minimum Gasteiger partial charge on any atom is -0.318 e. The Morgan fingerprint density at radius 3 is 2.90 bits per heavy atom. The standard InChI is InChI=1S/C14H11N5S2/c1-18(10-4-2-6-15-8-10)14-17-19-11(9-16-13(19)21-14)12-5-3-7-20-12/h2-9H,1H3. The normalized spacial score (nSPS) is 11.1. The summed E-state index contributed by atoms with van der Waals surface area (Å²) in [7, 11) is 1.99. The van der Waals surface area contributed by atoms with Crippen LogP contribution in [0.15, 0.2) is 48.2 Å². The van der Waals surface area contributed by atoms with Gasteiger partial charge in [-0.2, -0.15) is 0 Å². The molecule has 0 saturated carbocycles. The van der Waals surface area contributed by atoms with E-state index in [9.17, 15) is 0 Å². The fourth-order valence-electron chi connectivity index (χ4n) is 2.07. The number of pyridine rings is 1. The Labute approximate surface area is 129 Å². The molecule has 4 aromatic rings. The fraction of sp³-hybridized carbons (Fsp3) is 0.0714. The molecule has 4 aromatic heterocycles. The van der Waals surface area contributed by atoms with E-state index in [1.54, 1.807) is 28.9 Å². The highest BCUT2D eigenvalue weighted by Crippen LogP contribution is 2.32. The van der Waals surface area contributed by atoms with E-state index >= 15 is 0 Å². The van der Waals surface area contributed by atoms with Gasteiger partial charge in [0.25, 0.3) is 0 Å². The Bertz CT molecular complexity index is 863. The maximum Gasteiger partial charge on any atom is 0.214 e. The Morgan fingerprint density at radius 2 is 2.14 bits per heavy atom. The van der Waals surface area contributed by atoms with Crippen molar-refractivity contribution in [1.82, 2.24) is 19.6 Å². The molecule has 0 amide bonds. The summed E-state index contributed by atoms with van der Waals surface area (Å²) >= 11 is 3.25. The maximum atomic E-state index is 4.68. The van der Waals surface area contributed by atoms with Crippen molar-refractivity contribution >= 4 is 38.5 Å². The predicted octanol–water partition coefficient (Wildman–Crippen LogP) is 3.68. The van der Waals surface area contributed by atoms with E-state index in [2.05, 4.69) is 26.5 Å². The zero-order valence-electron chi connectivity index (χ0n) is 11.2. The molecule has 0 aliphatic carbocycles. The molecule has 104 valence electrons. The highest BCUT2D eigenvalue weighted by atomic mass is 32.1. The van der Waals surface area contributed by atoms with Crippen LogP contribution < -0.4 is 4.90 Å². The average molecular weight is 313 g/mol. The van der Waals surface area contributed by atoms with Crippen molar-refractivity contribution in [2.24, 2.45) is 0 Å². The van der Waals surface area contributed by atoms with E-state index in [0.29, 0.717) is 0 Å². The van der Waals surface area contributed by atoms with Gasteiger partial charge in [-0.05, 0) is 23.6 Å². The lowest BCUT2D eigenvalue weighted by atomic mass is 10.4. The molecular weight excluding hydrogens is 302 g/mol. The lowest BCUT2D eigenvalue weighted by Gasteiger charge is -2.13. The molecule has 0 aromatic carbocycles. The van der Waals surface area contributed by atoms with Gasteiger partial charge in [-0.15, -0.1) is 16.4 Å². The van der Waals surface area contributed by atoms with Gasteiger partial charge in [-0.25, -0.2) is 9.50 Å². The first-order valence-corrected chi connectivity index (χ1v) is 8.05. The first-order valence-electron chi connectivity index (χ1n) is 6.35. The van der Waals surface area contributed by atoms with E-state index < -0.39 is 0 Å². The smallest absolute Gasteiger partial charge is 0.214 e. The number of imidazole rings is 1. The van der Waals surface area contributed by atoms with Gasteiger partial charge in [0.15, 0.2) is 0 Å². The third-order valence-corrected chi connectivity index (χ3v) is 5.06. The van der Waals surface area contributed by atoms with Crippen LogP contribution in [0.2, 0.25) is 0 Å². The first-order chi connectivity index (χ1) is 10.3. The van der Waals surface area contributed by atoms with Crippen molar-refractivity contribution in [1.29, 1.82) is 0 Å². The van der Waals surface area contributed by atoms with Crippen LogP contribution >= 0.6 is 22.7 Å². The molecule has 7 heteroatoms. The molecule has 0 aliphatic rings. The maximum absolute atomic E-state index is 4.68. The second-order valence-electron chi connectivity index (χ2n) is 4.47. The highest BCUT2D eigenvalue weighted by Gasteiger charge is 2.15. The number of fused-ring (bicyclic) bond motifs is 1. The van der Waals surface area contributed by atoms with Crippen molar-refractivity contribution in [2.75, 3.05) is 11.9 Å². The summed E-state index contributed by atoms with van der Waals surface area (Å²) in [4.78, 5) is 12.7. The topological polar surface area (TPSA) is 46.3 Å². The number of hydrogen-bond acceptors (Lipinski definition) is 6. The molecule has 0 bridgehead atoms. The molecule has 4 heterocycles. The summed E-state index contributed by atoms with van der Waals surface area (Å²) in [6.45, 7) is 0. The Morgan fingerprint density at radius 1 is 1.19 bits per heavy atom. The quantitative estimate of drug-likeness (QED) is 0.579. The van der Waals surface area contributed by atoms with Crippen LogP contribution in [0.3, 0.4) is 0 Å². The lowest BCUT2D eigenvalue weighted by Crippen LogP contribution is -2.09. The van der Waals surface area contributed by atoms with Crippen LogP contribution in [0.25, 0.3) is 15.5 Å². The third-order valence-electron chi connectivity index (χ3n) is 3.17. The van der Waals surface area contributed by atoms with Gasteiger partial charge in [0.1, 0.15) is 5.69 Å². The second kappa shape index (κ2) is 4.94. The average Bonchev–Trinajstić information content (AvgIpc) is 3.23. The van der Waals surface area contributed by atoms with Crippen LogP contribution in [0.4, 0.5) is 10.8 Å². The van der Waals surface area contributed by atoms with Crippen molar-refractivity contribution in [3.63, 3.8) is 0 Å². The Kier molecular flexibility index (Phi) is 2.94.